The molecule has 9 heteroatoms. The summed E-state index contributed by atoms with van der Waals surface area (Å²) in [5.41, 5.74) is 3.01. The lowest BCUT2D eigenvalue weighted by Crippen LogP contribution is -2.43. The normalized spacial score (nSPS) is 15.3. The number of nitrogens with one attached hydrogen (secondary N) is 1. The van der Waals surface area contributed by atoms with Crippen LogP contribution in [0.2, 0.25) is 0 Å². The lowest BCUT2D eigenvalue weighted by molar-refractivity contribution is -0.134. The van der Waals surface area contributed by atoms with Crippen molar-refractivity contribution in [2.24, 2.45) is 5.92 Å². The van der Waals surface area contributed by atoms with E-state index in [0.717, 1.165) is 11.1 Å². The molecule has 1 aromatic heterocycles. The first-order valence-electron chi connectivity index (χ1n) is 11.7. The Kier molecular flexibility index (Phi) is 6.91. The quantitative estimate of drug-likeness (QED) is 0.531. The molecule has 1 fully saturated rings. The lowest BCUT2D eigenvalue weighted by atomic mass is 10.0. The van der Waals surface area contributed by atoms with Gasteiger partial charge >= 0.3 is 0 Å². The van der Waals surface area contributed by atoms with Crippen molar-refractivity contribution in [2.75, 3.05) is 30.7 Å². The molecule has 1 N–H and O–H groups in total. The molecule has 182 valence electrons. The molecular formula is C26H29FN5O2P. The summed E-state index contributed by atoms with van der Waals surface area (Å²) in [6, 6.07) is 10.8. The highest BCUT2D eigenvalue weighted by Crippen LogP contribution is 2.48. The number of aryl methyl sites for hydroxylation is 1. The number of anilines is 1. The van der Waals surface area contributed by atoms with Crippen LogP contribution >= 0.6 is 7.14 Å². The Morgan fingerprint density at radius 1 is 1.20 bits per heavy atom. The van der Waals surface area contributed by atoms with Crippen molar-refractivity contribution < 1.29 is 13.8 Å². The largest absolute Gasteiger partial charge is 0.364 e. The second-order valence-electron chi connectivity index (χ2n) is 9.35. The molecule has 2 heterocycles. The molecule has 0 bridgehead atoms. The van der Waals surface area contributed by atoms with Gasteiger partial charge in [-0.15, -0.1) is 5.10 Å². The average molecular weight is 494 g/mol. The Morgan fingerprint density at radius 3 is 2.57 bits per heavy atom. The van der Waals surface area contributed by atoms with Crippen LogP contribution in [0.15, 0.2) is 30.3 Å². The van der Waals surface area contributed by atoms with Gasteiger partial charge in [-0.05, 0) is 43.2 Å². The predicted molar refractivity (Wildman–Crippen MR) is 136 cm³/mol. The van der Waals surface area contributed by atoms with Gasteiger partial charge in [0.15, 0.2) is 5.82 Å². The van der Waals surface area contributed by atoms with Gasteiger partial charge in [-0.1, -0.05) is 26.0 Å². The van der Waals surface area contributed by atoms with Gasteiger partial charge in [0.2, 0.25) is 5.91 Å². The zero-order chi connectivity index (χ0) is 25.3. The van der Waals surface area contributed by atoms with E-state index >= 15 is 4.39 Å². The smallest absolute Gasteiger partial charge is 0.225 e. The van der Waals surface area contributed by atoms with E-state index in [2.05, 4.69) is 21.6 Å². The number of rotatable bonds is 5. The Hall–Kier alpha value is -3.30. The minimum atomic E-state index is -3.03. The standard InChI is InChI=1S/C26H29FN5O2P/c1-16(2)26(33)32-8-10-35(34,11-9-32)24-13-22-21(12-23(24)27)18(4)30-31-25(22)29-15-20-7-5-6-19(14-28)17(20)3/h5-7,12-13,16H,8-11,15H2,1-4H3,(H,29,31). The van der Waals surface area contributed by atoms with Crippen LogP contribution in [0.3, 0.4) is 0 Å². The monoisotopic (exact) mass is 493 g/mol. The first-order chi connectivity index (χ1) is 16.6. The molecule has 0 aliphatic carbocycles. The van der Waals surface area contributed by atoms with Gasteiger partial charge in [-0.2, -0.15) is 10.4 Å². The Balaban J connectivity index is 1.67. The molecule has 1 saturated heterocycles. The summed E-state index contributed by atoms with van der Waals surface area (Å²) in [7, 11) is -3.03. The third-order valence-corrected chi connectivity index (χ3v) is 9.82. The van der Waals surface area contributed by atoms with Crippen molar-refractivity contribution >= 4 is 34.9 Å². The number of aromatic nitrogens is 2. The van der Waals surface area contributed by atoms with Crippen LogP contribution in [0.5, 0.6) is 0 Å². The molecule has 1 aliphatic rings. The maximum absolute atomic E-state index is 15.3. The van der Waals surface area contributed by atoms with E-state index in [1.165, 1.54) is 6.07 Å². The van der Waals surface area contributed by atoms with E-state index in [9.17, 15) is 14.6 Å². The van der Waals surface area contributed by atoms with Crippen molar-refractivity contribution in [2.45, 2.75) is 34.2 Å². The third kappa shape index (κ3) is 4.78. The van der Waals surface area contributed by atoms with Gasteiger partial charge in [-0.3, -0.25) is 4.79 Å². The Morgan fingerprint density at radius 2 is 1.91 bits per heavy atom. The van der Waals surface area contributed by atoms with Gasteiger partial charge in [0.1, 0.15) is 13.0 Å². The average Bonchev–Trinajstić information content (AvgIpc) is 2.84. The number of hydrogen-bond donors (Lipinski definition) is 1. The second kappa shape index (κ2) is 9.75. The maximum Gasteiger partial charge on any atom is 0.225 e. The van der Waals surface area contributed by atoms with E-state index in [-0.39, 0.29) is 29.5 Å². The van der Waals surface area contributed by atoms with E-state index in [0.29, 0.717) is 47.5 Å². The van der Waals surface area contributed by atoms with Gasteiger partial charge in [0.25, 0.3) is 0 Å². The summed E-state index contributed by atoms with van der Waals surface area (Å²) in [6.45, 7) is 8.47. The zero-order valence-corrected chi connectivity index (χ0v) is 21.3. The lowest BCUT2D eigenvalue weighted by Gasteiger charge is -2.33. The molecule has 1 aliphatic heterocycles. The number of amides is 1. The number of benzene rings is 2. The molecule has 3 aromatic rings. The predicted octanol–water partition coefficient (Wildman–Crippen LogP) is 4.36. The summed E-state index contributed by atoms with van der Waals surface area (Å²) in [4.78, 5) is 14.1. The summed E-state index contributed by atoms with van der Waals surface area (Å²) >= 11 is 0. The SMILES string of the molecule is Cc1c(C#N)cccc1CNc1nnc(C)c2cc(F)c(P3(=O)CCN(C(=O)C(C)C)CC3)cc12. The molecule has 4 rings (SSSR count). The minimum Gasteiger partial charge on any atom is -0.364 e. The number of carbonyl (C=O) groups is 1. The third-order valence-electron chi connectivity index (χ3n) is 6.75. The van der Waals surface area contributed by atoms with Crippen molar-refractivity contribution in [3.05, 3.63) is 58.5 Å². The number of nitrogens with zero attached hydrogens (tertiary/aromatic N) is 4. The number of carbonyl (C=O) groups excluding carboxylic acids is 1. The zero-order valence-electron chi connectivity index (χ0n) is 20.4. The highest BCUT2D eigenvalue weighted by molar-refractivity contribution is 7.71. The van der Waals surface area contributed by atoms with Crippen molar-refractivity contribution in [1.29, 1.82) is 5.26 Å². The maximum atomic E-state index is 15.3. The molecule has 0 atom stereocenters. The topological polar surface area (TPSA) is 99.0 Å². The molecule has 1 amide bonds. The van der Waals surface area contributed by atoms with Crippen molar-refractivity contribution in [1.82, 2.24) is 15.1 Å². The fourth-order valence-corrected chi connectivity index (χ4v) is 7.17. The molecule has 35 heavy (non-hydrogen) atoms. The number of fused-ring (bicyclic) bond motifs is 1. The van der Waals surface area contributed by atoms with Crippen LogP contribution in [-0.2, 0) is 15.9 Å². The van der Waals surface area contributed by atoms with Crippen LogP contribution in [0.25, 0.3) is 10.8 Å². The van der Waals surface area contributed by atoms with Gasteiger partial charge in [-0.25, -0.2) is 4.39 Å². The Bertz CT molecular complexity index is 1390. The van der Waals surface area contributed by atoms with Gasteiger partial charge in [0.05, 0.1) is 17.3 Å². The van der Waals surface area contributed by atoms with Gasteiger partial charge in [0, 0.05) is 54.0 Å². The van der Waals surface area contributed by atoms with Crippen LogP contribution in [0.1, 0.15) is 36.2 Å². The first-order valence-corrected chi connectivity index (χ1v) is 13.8. The van der Waals surface area contributed by atoms with E-state index in [4.69, 9.17) is 0 Å². The van der Waals surface area contributed by atoms with Crippen LogP contribution in [0.4, 0.5) is 10.2 Å². The van der Waals surface area contributed by atoms with Crippen molar-refractivity contribution in [3.63, 3.8) is 0 Å². The molecule has 0 saturated carbocycles. The second-order valence-corrected chi connectivity index (χ2v) is 12.5. The van der Waals surface area contributed by atoms with E-state index in [1.807, 2.05) is 32.9 Å². The Labute approximate surface area is 204 Å². The fraction of sp³-hybridized carbons (Fsp3) is 0.385. The minimum absolute atomic E-state index is 0.0309. The number of hydrogen-bond acceptors (Lipinski definition) is 6. The summed E-state index contributed by atoms with van der Waals surface area (Å²) in [6.07, 6.45) is 0.516. The van der Waals surface area contributed by atoms with Crippen LogP contribution in [-0.4, -0.2) is 46.4 Å². The number of nitriles is 1. The van der Waals surface area contributed by atoms with Crippen molar-refractivity contribution in [3.8, 4) is 6.07 Å². The molecule has 0 radical (unpaired) electrons. The summed E-state index contributed by atoms with van der Waals surface area (Å²) in [5, 5.41) is 22.5. The summed E-state index contributed by atoms with van der Waals surface area (Å²) < 4.78 is 29.1. The molecule has 7 nitrogen and oxygen atoms in total. The van der Waals surface area contributed by atoms with Crippen LogP contribution in [0, 0.1) is 36.9 Å². The highest BCUT2D eigenvalue weighted by Gasteiger charge is 2.35. The van der Waals surface area contributed by atoms with Gasteiger partial charge < -0.3 is 14.8 Å². The van der Waals surface area contributed by atoms with E-state index < -0.39 is 13.0 Å². The molecule has 0 unspecified atom stereocenters. The molecule has 0 spiro atoms. The highest BCUT2D eigenvalue weighted by atomic mass is 31.2. The van der Waals surface area contributed by atoms with Crippen LogP contribution < -0.4 is 10.6 Å². The fourth-order valence-electron chi connectivity index (χ4n) is 4.52. The molecular weight excluding hydrogens is 464 g/mol. The van der Waals surface area contributed by atoms with E-state index in [1.54, 1.807) is 24.0 Å². The summed E-state index contributed by atoms with van der Waals surface area (Å²) in [5.74, 6) is -0.140. The first kappa shape index (κ1) is 24.8. The number of halogens is 1. The molecule has 2 aromatic carbocycles.